The minimum atomic E-state index is -4.36. The molecule has 0 fully saturated rings. The number of hydrogen-bond donors (Lipinski definition) is 3. The second-order valence-corrected chi connectivity index (χ2v) is 4.25. The summed E-state index contributed by atoms with van der Waals surface area (Å²) in [7, 11) is -4.36. The van der Waals surface area contributed by atoms with Gasteiger partial charge in [0.1, 0.15) is 4.90 Å². The third-order valence-corrected chi connectivity index (χ3v) is 2.66. The summed E-state index contributed by atoms with van der Waals surface area (Å²) in [6.07, 6.45) is 0. The van der Waals surface area contributed by atoms with Gasteiger partial charge >= 0.3 is 0 Å². The van der Waals surface area contributed by atoms with Gasteiger partial charge in [-0.05, 0) is 0 Å². The van der Waals surface area contributed by atoms with Gasteiger partial charge in [0.2, 0.25) is 10.0 Å². The first-order valence-electron chi connectivity index (χ1n) is 3.74. The Labute approximate surface area is 89.2 Å². The number of benzene rings is 1. The number of nitrogens with two attached hydrogens (primary N) is 2. The van der Waals surface area contributed by atoms with Crippen LogP contribution in [0.25, 0.3) is 0 Å². The number of hydrogen-bond acceptors (Lipinski definition) is 6. The van der Waals surface area contributed by atoms with Gasteiger partial charge in [0.15, 0.2) is 5.82 Å². The van der Waals surface area contributed by atoms with E-state index in [1.165, 1.54) is 0 Å². The topological polar surface area (TPSA) is 141 Å². The molecular weight excluding hydrogens is 243 g/mol. The highest BCUT2D eigenvalue weighted by Gasteiger charge is 2.23. The molecule has 0 spiro atoms. The molecule has 16 heavy (non-hydrogen) atoms. The minimum Gasteiger partial charge on any atom is -0.323 e. The first-order valence-corrected chi connectivity index (χ1v) is 5.29. The van der Waals surface area contributed by atoms with E-state index in [1.54, 1.807) is 0 Å². The van der Waals surface area contributed by atoms with Crippen molar-refractivity contribution in [3.63, 3.8) is 0 Å². The standard InChI is InChI=1S/C6H7FN4O4S/c7-4-1-3(11(12)13)2-5(10-8)6(4)16(9,14)15/h1-2,10H,8H2,(H2,9,14,15). The number of nitro groups is 1. The number of non-ortho nitro benzene ring substituents is 1. The van der Waals surface area contributed by atoms with Gasteiger partial charge < -0.3 is 5.43 Å². The first kappa shape index (κ1) is 12.3. The Morgan fingerprint density at radius 2 is 2.00 bits per heavy atom. The Balaban J connectivity index is 3.59. The van der Waals surface area contributed by atoms with Crippen LogP contribution >= 0.6 is 0 Å². The molecule has 0 aliphatic carbocycles. The fourth-order valence-corrected chi connectivity index (χ4v) is 1.84. The van der Waals surface area contributed by atoms with Crippen molar-refractivity contribution in [1.82, 2.24) is 0 Å². The molecule has 88 valence electrons. The van der Waals surface area contributed by atoms with Gasteiger partial charge in [-0.25, -0.2) is 17.9 Å². The van der Waals surface area contributed by atoms with Crippen LogP contribution in [-0.2, 0) is 10.0 Å². The molecule has 0 aliphatic rings. The molecule has 1 aromatic carbocycles. The van der Waals surface area contributed by atoms with Gasteiger partial charge in [0.25, 0.3) is 5.69 Å². The lowest BCUT2D eigenvalue weighted by Crippen LogP contribution is -2.19. The Morgan fingerprint density at radius 3 is 2.38 bits per heavy atom. The van der Waals surface area contributed by atoms with Crippen LogP contribution < -0.4 is 16.4 Å². The number of anilines is 1. The van der Waals surface area contributed by atoms with Crippen molar-refractivity contribution in [3.8, 4) is 0 Å². The van der Waals surface area contributed by atoms with E-state index in [4.69, 9.17) is 11.0 Å². The van der Waals surface area contributed by atoms with Crippen LogP contribution in [0.2, 0.25) is 0 Å². The molecule has 0 saturated heterocycles. The van der Waals surface area contributed by atoms with Gasteiger partial charge in [-0.2, -0.15) is 0 Å². The summed E-state index contributed by atoms with van der Waals surface area (Å²) >= 11 is 0. The number of sulfonamides is 1. The van der Waals surface area contributed by atoms with Crippen LogP contribution in [0, 0.1) is 15.9 Å². The van der Waals surface area contributed by atoms with Gasteiger partial charge in [-0.1, -0.05) is 0 Å². The lowest BCUT2D eigenvalue weighted by Gasteiger charge is -2.07. The highest BCUT2D eigenvalue weighted by molar-refractivity contribution is 7.89. The van der Waals surface area contributed by atoms with Crippen molar-refractivity contribution in [1.29, 1.82) is 0 Å². The Kier molecular flexibility index (Phi) is 3.07. The molecule has 0 heterocycles. The fraction of sp³-hybridized carbons (Fsp3) is 0. The zero-order valence-electron chi connectivity index (χ0n) is 7.68. The third-order valence-electron chi connectivity index (χ3n) is 1.68. The minimum absolute atomic E-state index is 0.445. The molecule has 8 nitrogen and oxygen atoms in total. The van der Waals surface area contributed by atoms with E-state index in [0.717, 1.165) is 6.07 Å². The molecule has 0 atom stereocenters. The smallest absolute Gasteiger partial charge is 0.274 e. The molecule has 0 saturated carbocycles. The lowest BCUT2D eigenvalue weighted by atomic mass is 10.3. The van der Waals surface area contributed by atoms with Gasteiger partial charge in [0, 0.05) is 6.07 Å². The average Bonchev–Trinajstić information content (AvgIpc) is 2.14. The molecule has 0 aliphatic heterocycles. The van der Waals surface area contributed by atoms with Crippen molar-refractivity contribution in [2.75, 3.05) is 5.43 Å². The molecule has 0 aromatic heterocycles. The van der Waals surface area contributed by atoms with Gasteiger partial charge in [-0.15, -0.1) is 0 Å². The maximum absolute atomic E-state index is 13.3. The van der Waals surface area contributed by atoms with E-state index >= 15 is 0 Å². The number of nitro benzene ring substituents is 1. The maximum Gasteiger partial charge on any atom is 0.274 e. The largest absolute Gasteiger partial charge is 0.323 e. The Morgan fingerprint density at radius 1 is 1.44 bits per heavy atom. The number of primary sulfonamides is 1. The Bertz CT molecular complexity index is 544. The molecule has 0 bridgehead atoms. The highest BCUT2D eigenvalue weighted by Crippen LogP contribution is 2.28. The highest BCUT2D eigenvalue weighted by atomic mass is 32.2. The van der Waals surface area contributed by atoms with E-state index in [-0.39, 0.29) is 0 Å². The maximum atomic E-state index is 13.3. The van der Waals surface area contributed by atoms with Crippen LogP contribution in [0.4, 0.5) is 15.8 Å². The SMILES string of the molecule is NNc1cc([N+](=O)[O-])cc(F)c1S(N)(=O)=O. The second kappa shape index (κ2) is 4.00. The lowest BCUT2D eigenvalue weighted by molar-refractivity contribution is -0.385. The molecule has 0 radical (unpaired) electrons. The normalized spacial score (nSPS) is 11.2. The number of nitrogens with zero attached hydrogens (tertiary/aromatic N) is 1. The van der Waals surface area contributed by atoms with E-state index in [9.17, 15) is 22.9 Å². The summed E-state index contributed by atoms with van der Waals surface area (Å²) in [5.41, 5.74) is 0.716. The zero-order valence-corrected chi connectivity index (χ0v) is 8.49. The molecule has 5 N–H and O–H groups in total. The van der Waals surface area contributed by atoms with Crippen LogP contribution in [0.1, 0.15) is 0 Å². The molecular formula is C6H7FN4O4S. The summed E-state index contributed by atoms with van der Waals surface area (Å²) in [4.78, 5) is 8.56. The number of nitrogen functional groups attached to an aromatic ring is 1. The van der Waals surface area contributed by atoms with Gasteiger partial charge in [0.05, 0.1) is 16.7 Å². The third kappa shape index (κ3) is 2.24. The van der Waals surface area contributed by atoms with Crippen LogP contribution in [-0.4, -0.2) is 13.3 Å². The molecule has 0 unspecified atom stereocenters. The number of nitrogens with one attached hydrogen (secondary N) is 1. The molecule has 10 heteroatoms. The Hall–Kier alpha value is -1.78. The fourth-order valence-electron chi connectivity index (χ4n) is 1.08. The van der Waals surface area contributed by atoms with Crippen LogP contribution in [0.15, 0.2) is 17.0 Å². The van der Waals surface area contributed by atoms with E-state index < -0.39 is 37.0 Å². The summed E-state index contributed by atoms with van der Waals surface area (Å²) < 4.78 is 35.3. The van der Waals surface area contributed by atoms with E-state index in [2.05, 4.69) is 0 Å². The number of hydrazine groups is 1. The summed E-state index contributed by atoms with van der Waals surface area (Å²) in [6, 6.07) is 1.21. The van der Waals surface area contributed by atoms with Crippen molar-refractivity contribution in [3.05, 3.63) is 28.1 Å². The zero-order chi connectivity index (χ0) is 12.5. The number of rotatable bonds is 3. The van der Waals surface area contributed by atoms with Crippen LogP contribution in [0.5, 0.6) is 0 Å². The van der Waals surface area contributed by atoms with Crippen LogP contribution in [0.3, 0.4) is 0 Å². The second-order valence-electron chi connectivity index (χ2n) is 2.75. The molecule has 0 amide bonds. The summed E-state index contributed by atoms with van der Waals surface area (Å²) in [5.74, 6) is 3.58. The van der Waals surface area contributed by atoms with Crippen molar-refractivity contribution >= 4 is 21.4 Å². The summed E-state index contributed by atoms with van der Waals surface area (Å²) in [6.45, 7) is 0. The average molecular weight is 250 g/mol. The number of halogens is 1. The quantitative estimate of drug-likeness (QED) is 0.381. The predicted octanol–water partition coefficient (Wildman–Crippen LogP) is -0.333. The molecule has 1 aromatic rings. The van der Waals surface area contributed by atoms with Crippen molar-refractivity contribution < 1.29 is 17.7 Å². The first-order chi connectivity index (χ1) is 7.27. The van der Waals surface area contributed by atoms with Crippen molar-refractivity contribution in [2.45, 2.75) is 4.90 Å². The molecule has 1 rings (SSSR count). The monoisotopic (exact) mass is 250 g/mol. The predicted molar refractivity (Wildman–Crippen MR) is 52.2 cm³/mol. The van der Waals surface area contributed by atoms with E-state index in [1.807, 2.05) is 5.43 Å². The van der Waals surface area contributed by atoms with Crippen molar-refractivity contribution in [2.24, 2.45) is 11.0 Å². The summed E-state index contributed by atoms with van der Waals surface area (Å²) in [5, 5.41) is 15.1. The van der Waals surface area contributed by atoms with E-state index in [0.29, 0.717) is 6.07 Å². The van der Waals surface area contributed by atoms with Gasteiger partial charge in [-0.3, -0.25) is 16.0 Å².